The van der Waals surface area contributed by atoms with Crippen LogP contribution in [0.1, 0.15) is 36.2 Å². The first kappa shape index (κ1) is 15.4. The summed E-state index contributed by atoms with van der Waals surface area (Å²) in [6.45, 7) is 3.67. The van der Waals surface area contributed by atoms with Crippen LogP contribution in [0, 0.1) is 0 Å². The van der Waals surface area contributed by atoms with Gasteiger partial charge in [-0.2, -0.15) is 0 Å². The van der Waals surface area contributed by atoms with Crippen LogP contribution in [0.4, 0.5) is 0 Å². The third-order valence-electron chi connectivity index (χ3n) is 2.17. The lowest BCUT2D eigenvalue weighted by atomic mass is 10.2. The standard InChI is InChI=1S/C14H17NO3S/c1-3-18-14(17)13-8-12(9-15-10-13)6-4-5-7-19-11(2)16/h4,6,8-10H,3,5,7H2,1-2H3. The lowest BCUT2D eigenvalue weighted by Gasteiger charge is -2.01. The molecule has 1 rings (SSSR count). The smallest absolute Gasteiger partial charge is 0.339 e. The fourth-order valence-corrected chi connectivity index (χ4v) is 1.91. The molecule has 4 nitrogen and oxygen atoms in total. The molecule has 0 aliphatic rings. The van der Waals surface area contributed by atoms with Gasteiger partial charge >= 0.3 is 5.97 Å². The van der Waals surface area contributed by atoms with Gasteiger partial charge in [-0.05, 0) is 25.0 Å². The summed E-state index contributed by atoms with van der Waals surface area (Å²) in [6.07, 6.45) is 7.81. The number of rotatable bonds is 6. The Morgan fingerprint density at radius 3 is 2.89 bits per heavy atom. The zero-order chi connectivity index (χ0) is 14.1. The Kier molecular flexibility index (Phi) is 6.89. The maximum Gasteiger partial charge on any atom is 0.339 e. The van der Waals surface area contributed by atoms with E-state index in [9.17, 15) is 9.59 Å². The minimum absolute atomic E-state index is 0.124. The van der Waals surface area contributed by atoms with Crippen LogP contribution in [-0.2, 0) is 9.53 Å². The molecular formula is C14H17NO3S. The van der Waals surface area contributed by atoms with E-state index in [0.29, 0.717) is 12.2 Å². The molecule has 19 heavy (non-hydrogen) atoms. The molecule has 0 aliphatic carbocycles. The van der Waals surface area contributed by atoms with E-state index in [1.54, 1.807) is 26.1 Å². The maximum absolute atomic E-state index is 11.5. The summed E-state index contributed by atoms with van der Waals surface area (Å²) in [5.74, 6) is 0.397. The molecule has 0 fully saturated rings. The van der Waals surface area contributed by atoms with Gasteiger partial charge in [-0.1, -0.05) is 23.9 Å². The predicted molar refractivity (Wildman–Crippen MR) is 77.0 cm³/mol. The Morgan fingerprint density at radius 2 is 2.21 bits per heavy atom. The second-order valence-electron chi connectivity index (χ2n) is 3.76. The minimum Gasteiger partial charge on any atom is -0.462 e. The van der Waals surface area contributed by atoms with Crippen LogP contribution in [-0.4, -0.2) is 28.4 Å². The fraction of sp³-hybridized carbons (Fsp3) is 0.357. The molecule has 0 amide bonds. The predicted octanol–water partition coefficient (Wildman–Crippen LogP) is 2.94. The van der Waals surface area contributed by atoms with E-state index in [1.807, 2.05) is 12.2 Å². The number of esters is 1. The number of nitrogens with zero attached hydrogens (tertiary/aromatic N) is 1. The number of carbonyl (C=O) groups excluding carboxylic acids is 2. The van der Waals surface area contributed by atoms with E-state index < -0.39 is 0 Å². The van der Waals surface area contributed by atoms with Gasteiger partial charge in [0.2, 0.25) is 0 Å². The molecule has 0 spiro atoms. The van der Waals surface area contributed by atoms with Gasteiger partial charge in [-0.3, -0.25) is 9.78 Å². The molecule has 0 atom stereocenters. The van der Waals surface area contributed by atoms with E-state index in [4.69, 9.17) is 4.74 Å². The van der Waals surface area contributed by atoms with Crippen molar-refractivity contribution in [3.8, 4) is 0 Å². The van der Waals surface area contributed by atoms with Gasteiger partial charge in [-0.25, -0.2) is 4.79 Å². The molecule has 1 heterocycles. The summed E-state index contributed by atoms with van der Waals surface area (Å²) in [6, 6.07) is 1.74. The normalized spacial score (nSPS) is 10.6. The molecule has 1 aromatic heterocycles. The number of carbonyl (C=O) groups is 2. The van der Waals surface area contributed by atoms with E-state index in [1.165, 1.54) is 18.0 Å². The summed E-state index contributed by atoms with van der Waals surface area (Å²) in [5.41, 5.74) is 1.29. The van der Waals surface area contributed by atoms with Crippen molar-refractivity contribution < 1.29 is 14.3 Å². The zero-order valence-corrected chi connectivity index (χ0v) is 11.9. The van der Waals surface area contributed by atoms with E-state index in [0.717, 1.165) is 17.7 Å². The molecule has 0 bridgehead atoms. The zero-order valence-electron chi connectivity index (χ0n) is 11.1. The first-order valence-corrected chi connectivity index (χ1v) is 7.04. The number of allylic oxidation sites excluding steroid dienone is 1. The lowest BCUT2D eigenvalue weighted by molar-refractivity contribution is -0.109. The van der Waals surface area contributed by atoms with Crippen molar-refractivity contribution in [3.05, 3.63) is 35.7 Å². The van der Waals surface area contributed by atoms with Crippen molar-refractivity contribution >= 4 is 28.9 Å². The van der Waals surface area contributed by atoms with Gasteiger partial charge in [0.05, 0.1) is 12.2 Å². The lowest BCUT2D eigenvalue weighted by Crippen LogP contribution is -2.05. The van der Waals surface area contributed by atoms with Crippen LogP contribution in [0.25, 0.3) is 6.08 Å². The maximum atomic E-state index is 11.5. The summed E-state index contributed by atoms with van der Waals surface area (Å²) in [5, 5.41) is 0.124. The van der Waals surface area contributed by atoms with Crippen molar-refractivity contribution in [3.63, 3.8) is 0 Å². The van der Waals surface area contributed by atoms with Crippen molar-refractivity contribution in [1.82, 2.24) is 4.98 Å². The Hall–Kier alpha value is -1.62. The topological polar surface area (TPSA) is 56.3 Å². The number of ether oxygens (including phenoxy) is 1. The number of hydrogen-bond acceptors (Lipinski definition) is 5. The quantitative estimate of drug-likeness (QED) is 0.592. The highest BCUT2D eigenvalue weighted by Gasteiger charge is 2.06. The van der Waals surface area contributed by atoms with Crippen LogP contribution in [0.15, 0.2) is 24.5 Å². The van der Waals surface area contributed by atoms with Crippen LogP contribution in [0.5, 0.6) is 0 Å². The first-order chi connectivity index (χ1) is 9.13. The van der Waals surface area contributed by atoms with Crippen molar-refractivity contribution in [2.45, 2.75) is 20.3 Å². The average Bonchev–Trinajstić information content (AvgIpc) is 2.38. The third kappa shape index (κ3) is 6.20. The van der Waals surface area contributed by atoms with E-state index in [-0.39, 0.29) is 11.1 Å². The second-order valence-corrected chi connectivity index (χ2v) is 5.03. The number of thioether (sulfide) groups is 1. The van der Waals surface area contributed by atoms with Gasteiger partial charge < -0.3 is 4.74 Å². The molecule has 0 saturated carbocycles. The molecule has 1 aromatic rings. The summed E-state index contributed by atoms with van der Waals surface area (Å²) >= 11 is 1.30. The van der Waals surface area contributed by atoms with E-state index >= 15 is 0 Å². The van der Waals surface area contributed by atoms with Crippen molar-refractivity contribution in [2.75, 3.05) is 12.4 Å². The monoisotopic (exact) mass is 279 g/mol. The number of hydrogen-bond donors (Lipinski definition) is 0. The molecule has 0 unspecified atom stereocenters. The van der Waals surface area contributed by atoms with Crippen LogP contribution >= 0.6 is 11.8 Å². The van der Waals surface area contributed by atoms with Gasteiger partial charge in [-0.15, -0.1) is 0 Å². The highest BCUT2D eigenvalue weighted by atomic mass is 32.2. The molecule has 0 aliphatic heterocycles. The summed E-state index contributed by atoms with van der Waals surface area (Å²) < 4.78 is 4.91. The Bertz CT molecular complexity index is 472. The molecule has 0 radical (unpaired) electrons. The largest absolute Gasteiger partial charge is 0.462 e. The number of pyridine rings is 1. The van der Waals surface area contributed by atoms with Crippen molar-refractivity contribution in [1.29, 1.82) is 0 Å². The molecule has 0 N–H and O–H groups in total. The average molecular weight is 279 g/mol. The van der Waals surface area contributed by atoms with Gasteiger partial charge in [0, 0.05) is 25.1 Å². The molecule has 0 aromatic carbocycles. The first-order valence-electron chi connectivity index (χ1n) is 6.05. The highest BCUT2D eigenvalue weighted by molar-refractivity contribution is 8.13. The highest BCUT2D eigenvalue weighted by Crippen LogP contribution is 2.09. The van der Waals surface area contributed by atoms with Gasteiger partial charge in [0.15, 0.2) is 5.12 Å². The second kappa shape index (κ2) is 8.48. The molecule has 5 heteroatoms. The number of aromatic nitrogens is 1. The summed E-state index contributed by atoms with van der Waals surface area (Å²) in [4.78, 5) is 26.3. The van der Waals surface area contributed by atoms with Crippen molar-refractivity contribution in [2.24, 2.45) is 0 Å². The van der Waals surface area contributed by atoms with Gasteiger partial charge in [0.1, 0.15) is 0 Å². The fourth-order valence-electron chi connectivity index (χ4n) is 1.37. The Balaban J connectivity index is 2.54. The van der Waals surface area contributed by atoms with E-state index in [2.05, 4.69) is 4.98 Å². The Morgan fingerprint density at radius 1 is 1.42 bits per heavy atom. The third-order valence-corrected chi connectivity index (χ3v) is 3.02. The minimum atomic E-state index is -0.364. The molecular weight excluding hydrogens is 262 g/mol. The molecule has 0 saturated heterocycles. The molecule has 102 valence electrons. The van der Waals surface area contributed by atoms with Crippen LogP contribution < -0.4 is 0 Å². The SMILES string of the molecule is CCOC(=O)c1cncc(C=CCCSC(C)=O)c1. The van der Waals surface area contributed by atoms with Gasteiger partial charge in [0.25, 0.3) is 0 Å². The van der Waals surface area contributed by atoms with Crippen LogP contribution in [0.2, 0.25) is 0 Å². The summed E-state index contributed by atoms with van der Waals surface area (Å²) in [7, 11) is 0. The Labute approximate surface area is 117 Å². The van der Waals surface area contributed by atoms with Crippen LogP contribution in [0.3, 0.4) is 0 Å².